The quantitative estimate of drug-likeness (QED) is 0.778. The van der Waals surface area contributed by atoms with E-state index in [1.54, 1.807) is 17.0 Å². The maximum atomic E-state index is 9.47. The molecule has 0 fully saturated rings. The second-order valence-electron chi connectivity index (χ2n) is 2.95. The molecule has 0 atom stereocenters. The lowest BCUT2D eigenvalue weighted by Crippen LogP contribution is -1.98. The second-order valence-corrected chi connectivity index (χ2v) is 2.95. The molecule has 6 heteroatoms. The molecule has 15 heavy (non-hydrogen) atoms. The summed E-state index contributed by atoms with van der Waals surface area (Å²) in [6.07, 6.45) is 4.83. The van der Waals surface area contributed by atoms with Gasteiger partial charge in [0.2, 0.25) is 0 Å². The van der Waals surface area contributed by atoms with Crippen molar-refractivity contribution in [3.8, 4) is 23.3 Å². The third kappa shape index (κ3) is 1.61. The minimum absolute atomic E-state index is 0.189. The minimum atomic E-state index is -0.189. The van der Waals surface area contributed by atoms with Gasteiger partial charge in [-0.3, -0.25) is 0 Å². The molecule has 6 nitrogen and oxygen atoms in total. The smallest absolute Gasteiger partial charge is 0.258 e. The Kier molecular flexibility index (Phi) is 2.24. The van der Waals surface area contributed by atoms with Crippen molar-refractivity contribution in [3.05, 3.63) is 18.6 Å². The fourth-order valence-corrected chi connectivity index (χ4v) is 1.19. The molecule has 0 amide bonds. The molecule has 0 aromatic carbocycles. The number of imidazole rings is 1. The molecular formula is C9H10N4O2. The van der Waals surface area contributed by atoms with Crippen LogP contribution >= 0.6 is 0 Å². The molecule has 0 bridgehead atoms. The highest BCUT2D eigenvalue weighted by molar-refractivity contribution is 5.46. The molecule has 1 N–H and O–H groups in total. The molecule has 2 heterocycles. The van der Waals surface area contributed by atoms with Crippen LogP contribution < -0.4 is 4.74 Å². The molecule has 2 aromatic heterocycles. The first-order chi connectivity index (χ1) is 7.22. The zero-order valence-corrected chi connectivity index (χ0v) is 8.38. The molecule has 2 rings (SSSR count). The normalized spacial score (nSPS) is 10.3. The lowest BCUT2D eigenvalue weighted by Gasteiger charge is -2.03. The fourth-order valence-electron chi connectivity index (χ4n) is 1.19. The lowest BCUT2D eigenvalue weighted by atomic mass is 10.5. The Labute approximate surface area is 86.2 Å². The molecule has 2 aromatic rings. The van der Waals surface area contributed by atoms with Crippen LogP contribution in [0.1, 0.15) is 0 Å². The van der Waals surface area contributed by atoms with Gasteiger partial charge in [0.05, 0.1) is 13.3 Å². The van der Waals surface area contributed by atoms with E-state index in [2.05, 4.69) is 15.0 Å². The first kappa shape index (κ1) is 9.45. The summed E-state index contributed by atoms with van der Waals surface area (Å²) in [5.74, 6) is 1.01. The third-order valence-corrected chi connectivity index (χ3v) is 1.98. The number of nitrogens with zero attached hydrogens (tertiary/aromatic N) is 4. The summed E-state index contributed by atoms with van der Waals surface area (Å²) in [4.78, 5) is 12.0. The summed E-state index contributed by atoms with van der Waals surface area (Å²) < 4.78 is 6.61. The summed E-state index contributed by atoms with van der Waals surface area (Å²) in [5.41, 5.74) is 0. The molecule has 0 aliphatic rings. The Bertz CT molecular complexity index is 481. The van der Waals surface area contributed by atoms with Crippen molar-refractivity contribution in [3.63, 3.8) is 0 Å². The number of aromatic hydroxyl groups is 1. The molecule has 0 saturated heterocycles. The number of rotatable bonds is 2. The highest BCUT2D eigenvalue weighted by Gasteiger charge is 2.10. The molecule has 0 aliphatic carbocycles. The Morgan fingerprint density at radius 2 is 2.20 bits per heavy atom. The van der Waals surface area contributed by atoms with E-state index < -0.39 is 0 Å². The summed E-state index contributed by atoms with van der Waals surface area (Å²) in [7, 11) is 3.27. The number of hydrogen-bond donors (Lipinski definition) is 1. The van der Waals surface area contributed by atoms with Crippen LogP contribution in [-0.2, 0) is 7.05 Å². The number of aryl methyl sites for hydroxylation is 1. The molecular weight excluding hydrogens is 196 g/mol. The van der Waals surface area contributed by atoms with Crippen molar-refractivity contribution < 1.29 is 9.84 Å². The molecule has 0 radical (unpaired) electrons. The van der Waals surface area contributed by atoms with Gasteiger partial charge in [-0.05, 0) is 0 Å². The molecule has 78 valence electrons. The van der Waals surface area contributed by atoms with Crippen LogP contribution in [0, 0.1) is 0 Å². The molecule has 0 saturated carbocycles. The highest BCUT2D eigenvalue weighted by atomic mass is 16.5. The Morgan fingerprint density at radius 1 is 1.40 bits per heavy atom. The maximum Gasteiger partial charge on any atom is 0.258 e. The topological polar surface area (TPSA) is 73.1 Å². The monoisotopic (exact) mass is 206 g/mol. The Hall–Kier alpha value is -2.11. The van der Waals surface area contributed by atoms with E-state index in [4.69, 9.17) is 4.74 Å². The van der Waals surface area contributed by atoms with Crippen molar-refractivity contribution in [2.24, 2.45) is 7.05 Å². The van der Waals surface area contributed by atoms with Gasteiger partial charge >= 0.3 is 0 Å². The average molecular weight is 206 g/mol. The predicted octanol–water partition coefficient (Wildman–Crippen LogP) is 0.591. The first-order valence-electron chi connectivity index (χ1n) is 4.30. The van der Waals surface area contributed by atoms with Crippen molar-refractivity contribution in [2.45, 2.75) is 0 Å². The third-order valence-electron chi connectivity index (χ3n) is 1.98. The van der Waals surface area contributed by atoms with E-state index in [-0.39, 0.29) is 11.6 Å². The van der Waals surface area contributed by atoms with Gasteiger partial charge in [-0.1, -0.05) is 0 Å². The van der Waals surface area contributed by atoms with Crippen LogP contribution in [0.3, 0.4) is 0 Å². The zero-order chi connectivity index (χ0) is 10.8. The standard InChI is InChI=1S/C9H10N4O2/c1-13-4-3-10-8(13)7-11-5-6(15-2)9(14)12-7/h3-5H,1-2H3,(H,11,12,14). The Morgan fingerprint density at radius 3 is 2.73 bits per heavy atom. The van der Waals surface area contributed by atoms with Gasteiger partial charge in [0.25, 0.3) is 5.88 Å². The van der Waals surface area contributed by atoms with Crippen molar-refractivity contribution >= 4 is 0 Å². The van der Waals surface area contributed by atoms with Crippen LogP contribution in [0.5, 0.6) is 11.6 Å². The van der Waals surface area contributed by atoms with Crippen LogP contribution in [0.15, 0.2) is 18.6 Å². The van der Waals surface area contributed by atoms with Gasteiger partial charge in [-0.2, -0.15) is 4.98 Å². The summed E-state index contributed by atoms with van der Waals surface area (Å²) in [6.45, 7) is 0. The number of hydrogen-bond acceptors (Lipinski definition) is 5. The van der Waals surface area contributed by atoms with E-state index in [0.29, 0.717) is 11.6 Å². The van der Waals surface area contributed by atoms with Crippen LogP contribution in [0.4, 0.5) is 0 Å². The largest absolute Gasteiger partial charge is 0.491 e. The van der Waals surface area contributed by atoms with Gasteiger partial charge in [0, 0.05) is 19.4 Å². The van der Waals surface area contributed by atoms with Gasteiger partial charge in [0.15, 0.2) is 17.4 Å². The van der Waals surface area contributed by atoms with E-state index in [0.717, 1.165) is 0 Å². The maximum absolute atomic E-state index is 9.47. The van der Waals surface area contributed by atoms with Gasteiger partial charge in [-0.25, -0.2) is 9.97 Å². The van der Waals surface area contributed by atoms with Gasteiger partial charge in [0.1, 0.15) is 0 Å². The van der Waals surface area contributed by atoms with Crippen molar-refractivity contribution in [1.82, 2.24) is 19.5 Å². The summed E-state index contributed by atoms with van der Waals surface area (Å²) in [5, 5.41) is 9.47. The van der Waals surface area contributed by atoms with Gasteiger partial charge in [-0.15, -0.1) is 0 Å². The predicted molar refractivity (Wildman–Crippen MR) is 52.5 cm³/mol. The van der Waals surface area contributed by atoms with Crippen LogP contribution in [-0.4, -0.2) is 31.7 Å². The average Bonchev–Trinajstić information content (AvgIpc) is 2.64. The summed E-state index contributed by atoms with van der Waals surface area (Å²) in [6, 6.07) is 0. The second kappa shape index (κ2) is 3.56. The van der Waals surface area contributed by atoms with Crippen LogP contribution in [0.2, 0.25) is 0 Å². The van der Waals surface area contributed by atoms with E-state index in [1.807, 2.05) is 7.05 Å². The first-order valence-corrected chi connectivity index (χ1v) is 4.30. The van der Waals surface area contributed by atoms with Gasteiger partial charge < -0.3 is 14.4 Å². The van der Waals surface area contributed by atoms with Crippen molar-refractivity contribution in [1.29, 1.82) is 0 Å². The van der Waals surface area contributed by atoms with Crippen molar-refractivity contribution in [2.75, 3.05) is 7.11 Å². The van der Waals surface area contributed by atoms with E-state index in [9.17, 15) is 5.11 Å². The molecule has 0 unspecified atom stereocenters. The minimum Gasteiger partial charge on any atom is -0.491 e. The lowest BCUT2D eigenvalue weighted by molar-refractivity contribution is 0.361. The summed E-state index contributed by atoms with van der Waals surface area (Å²) >= 11 is 0. The van der Waals surface area contributed by atoms with Crippen LogP contribution in [0.25, 0.3) is 11.6 Å². The number of ether oxygens (including phenoxy) is 1. The van der Waals surface area contributed by atoms with E-state index >= 15 is 0 Å². The number of methoxy groups -OCH3 is 1. The molecule has 0 spiro atoms. The van der Waals surface area contributed by atoms with E-state index in [1.165, 1.54) is 13.3 Å². The molecule has 0 aliphatic heterocycles. The number of aromatic nitrogens is 4. The fraction of sp³-hybridized carbons (Fsp3) is 0.222. The SMILES string of the molecule is COc1cnc(-c2nccn2C)nc1O. The Balaban J connectivity index is 2.47. The zero-order valence-electron chi connectivity index (χ0n) is 8.38. The highest BCUT2D eigenvalue weighted by Crippen LogP contribution is 2.23.